The maximum absolute atomic E-state index is 13.7. The number of halogens is 1. The highest BCUT2D eigenvalue weighted by Crippen LogP contribution is 2.25. The van der Waals surface area contributed by atoms with Crippen LogP contribution >= 0.6 is 0 Å². The quantitative estimate of drug-likeness (QED) is 0.860. The van der Waals surface area contributed by atoms with E-state index in [4.69, 9.17) is 4.74 Å². The van der Waals surface area contributed by atoms with Crippen molar-refractivity contribution in [2.45, 2.75) is 37.1 Å². The van der Waals surface area contributed by atoms with Crippen LogP contribution in [0.4, 0.5) is 4.39 Å². The van der Waals surface area contributed by atoms with Gasteiger partial charge in [0.1, 0.15) is 0 Å². The predicted molar refractivity (Wildman–Crippen MR) is 81.7 cm³/mol. The number of rotatable bonds is 6. The minimum Gasteiger partial charge on any atom is -0.494 e. The van der Waals surface area contributed by atoms with Crippen molar-refractivity contribution in [2.24, 2.45) is 0 Å². The number of likely N-dealkylation sites (tertiary alicyclic amines) is 1. The fourth-order valence-corrected chi connectivity index (χ4v) is 4.51. The maximum atomic E-state index is 13.7. The average Bonchev–Trinajstić information content (AvgIpc) is 3.13. The van der Waals surface area contributed by atoms with Crippen LogP contribution in [0.5, 0.6) is 5.75 Å². The summed E-state index contributed by atoms with van der Waals surface area (Å²) in [6.07, 6.45) is 2.52. The first-order valence-corrected chi connectivity index (χ1v) is 9.08. The number of hydrogen-bond acceptors (Lipinski definition) is 4. The molecule has 22 heavy (non-hydrogen) atoms. The van der Waals surface area contributed by atoms with Crippen LogP contribution in [0.15, 0.2) is 18.2 Å². The van der Waals surface area contributed by atoms with E-state index in [1.807, 2.05) is 6.07 Å². The second-order valence-corrected chi connectivity index (χ2v) is 8.04. The van der Waals surface area contributed by atoms with Crippen LogP contribution in [0.1, 0.15) is 24.8 Å². The van der Waals surface area contributed by atoms with Crippen molar-refractivity contribution in [1.29, 1.82) is 0 Å². The van der Waals surface area contributed by atoms with Gasteiger partial charge in [0.2, 0.25) is 10.0 Å². The van der Waals surface area contributed by atoms with Crippen molar-refractivity contribution in [3.8, 4) is 5.75 Å². The van der Waals surface area contributed by atoms with Gasteiger partial charge in [0.15, 0.2) is 11.6 Å². The molecule has 2 aliphatic rings. The standard InChI is InChI=1S/C15H21FN2O3S/c1-21-15-5-2-11(8-14(15)16)9-18-7-6-13(10-18)22(19,20)17-12-3-4-12/h2,5,8,12-13,17H,3-4,6-7,9-10H2,1H3. The summed E-state index contributed by atoms with van der Waals surface area (Å²) >= 11 is 0. The minimum absolute atomic E-state index is 0.148. The molecule has 1 unspecified atom stereocenters. The molecule has 1 aliphatic carbocycles. The van der Waals surface area contributed by atoms with Gasteiger partial charge in [0.05, 0.1) is 12.4 Å². The third-order valence-corrected chi connectivity index (χ3v) is 6.12. The summed E-state index contributed by atoms with van der Waals surface area (Å²) in [5, 5.41) is -0.365. The predicted octanol–water partition coefficient (Wildman–Crippen LogP) is 1.49. The molecule has 1 heterocycles. The molecule has 2 fully saturated rings. The Hall–Kier alpha value is -1.18. The lowest BCUT2D eigenvalue weighted by molar-refractivity contribution is 0.329. The summed E-state index contributed by atoms with van der Waals surface area (Å²) in [5.41, 5.74) is 0.825. The Labute approximate surface area is 130 Å². The SMILES string of the molecule is COc1ccc(CN2CCC(S(=O)(=O)NC3CC3)C2)cc1F. The lowest BCUT2D eigenvalue weighted by Gasteiger charge is -2.17. The molecular formula is C15H21FN2O3S. The number of benzene rings is 1. The first-order chi connectivity index (χ1) is 10.5. The van der Waals surface area contributed by atoms with Crippen LogP contribution in [0.25, 0.3) is 0 Å². The molecule has 1 atom stereocenters. The van der Waals surface area contributed by atoms with Crippen LogP contribution in [0, 0.1) is 5.82 Å². The molecule has 1 saturated carbocycles. The fourth-order valence-electron chi connectivity index (χ4n) is 2.79. The van der Waals surface area contributed by atoms with Crippen LogP contribution in [-0.2, 0) is 16.6 Å². The van der Waals surface area contributed by atoms with E-state index in [1.165, 1.54) is 13.2 Å². The van der Waals surface area contributed by atoms with E-state index in [0.717, 1.165) is 18.4 Å². The van der Waals surface area contributed by atoms with E-state index < -0.39 is 15.8 Å². The fraction of sp³-hybridized carbons (Fsp3) is 0.600. The smallest absolute Gasteiger partial charge is 0.216 e. The number of nitrogens with zero attached hydrogens (tertiary/aromatic N) is 1. The Morgan fingerprint density at radius 3 is 2.77 bits per heavy atom. The molecule has 1 aromatic carbocycles. The lowest BCUT2D eigenvalue weighted by atomic mass is 10.2. The van der Waals surface area contributed by atoms with E-state index in [1.54, 1.807) is 6.07 Å². The second-order valence-electron chi connectivity index (χ2n) is 6.05. The number of methoxy groups -OCH3 is 1. The van der Waals surface area contributed by atoms with Crippen molar-refractivity contribution in [1.82, 2.24) is 9.62 Å². The summed E-state index contributed by atoms with van der Waals surface area (Å²) in [5.74, 6) is -0.168. The van der Waals surface area contributed by atoms with Crippen molar-refractivity contribution in [3.63, 3.8) is 0 Å². The summed E-state index contributed by atoms with van der Waals surface area (Å²) in [6, 6.07) is 5.01. The highest BCUT2D eigenvalue weighted by atomic mass is 32.2. The van der Waals surface area contributed by atoms with Gasteiger partial charge in [0, 0.05) is 19.1 Å². The summed E-state index contributed by atoms with van der Waals surface area (Å²) in [4.78, 5) is 2.05. The highest BCUT2D eigenvalue weighted by molar-refractivity contribution is 7.90. The van der Waals surface area contributed by atoms with Crippen molar-refractivity contribution >= 4 is 10.0 Å². The van der Waals surface area contributed by atoms with E-state index >= 15 is 0 Å². The molecule has 1 aromatic rings. The minimum atomic E-state index is -3.23. The van der Waals surface area contributed by atoms with E-state index in [2.05, 4.69) is 9.62 Å². The van der Waals surface area contributed by atoms with E-state index in [0.29, 0.717) is 26.1 Å². The van der Waals surface area contributed by atoms with Crippen LogP contribution in [-0.4, -0.2) is 44.8 Å². The third-order valence-electron chi connectivity index (χ3n) is 4.20. The number of hydrogen-bond donors (Lipinski definition) is 1. The first-order valence-electron chi connectivity index (χ1n) is 7.54. The Morgan fingerprint density at radius 1 is 1.36 bits per heavy atom. The zero-order valence-electron chi connectivity index (χ0n) is 12.6. The third kappa shape index (κ3) is 3.59. The number of sulfonamides is 1. The highest BCUT2D eigenvalue weighted by Gasteiger charge is 2.36. The zero-order chi connectivity index (χ0) is 15.7. The molecule has 0 amide bonds. The van der Waals surface area contributed by atoms with Gasteiger partial charge in [0.25, 0.3) is 0 Å². The average molecular weight is 328 g/mol. The van der Waals surface area contributed by atoms with Crippen LogP contribution < -0.4 is 9.46 Å². The van der Waals surface area contributed by atoms with Crippen molar-refractivity contribution in [3.05, 3.63) is 29.6 Å². The van der Waals surface area contributed by atoms with E-state index in [-0.39, 0.29) is 17.0 Å². The van der Waals surface area contributed by atoms with E-state index in [9.17, 15) is 12.8 Å². The molecule has 122 valence electrons. The summed E-state index contributed by atoms with van der Waals surface area (Å²) in [6.45, 7) is 1.76. The molecule has 5 nitrogen and oxygen atoms in total. The second kappa shape index (κ2) is 6.14. The van der Waals surface area contributed by atoms with Gasteiger partial charge in [-0.25, -0.2) is 17.5 Å². The maximum Gasteiger partial charge on any atom is 0.216 e. The van der Waals surface area contributed by atoms with Crippen molar-refractivity contribution < 1.29 is 17.5 Å². The van der Waals surface area contributed by atoms with Gasteiger partial charge >= 0.3 is 0 Å². The van der Waals surface area contributed by atoms with Gasteiger partial charge < -0.3 is 4.74 Å². The molecule has 3 rings (SSSR count). The summed E-state index contributed by atoms with van der Waals surface area (Å²) in [7, 11) is -1.80. The van der Waals surface area contributed by atoms with Gasteiger partial charge in [-0.2, -0.15) is 0 Å². The van der Waals surface area contributed by atoms with Crippen molar-refractivity contribution in [2.75, 3.05) is 20.2 Å². The molecular weight excluding hydrogens is 307 g/mol. The van der Waals surface area contributed by atoms with Gasteiger partial charge in [-0.15, -0.1) is 0 Å². The normalized spacial score (nSPS) is 22.9. The molecule has 0 bridgehead atoms. The van der Waals surface area contributed by atoms with Crippen LogP contribution in [0.2, 0.25) is 0 Å². The monoisotopic (exact) mass is 328 g/mol. The molecule has 1 aliphatic heterocycles. The summed E-state index contributed by atoms with van der Waals surface area (Å²) < 4.78 is 45.7. The van der Waals surface area contributed by atoms with Crippen LogP contribution in [0.3, 0.4) is 0 Å². The molecule has 0 spiro atoms. The Kier molecular flexibility index (Phi) is 4.38. The Morgan fingerprint density at radius 2 is 2.14 bits per heavy atom. The largest absolute Gasteiger partial charge is 0.494 e. The zero-order valence-corrected chi connectivity index (χ0v) is 13.4. The lowest BCUT2D eigenvalue weighted by Crippen LogP contribution is -2.37. The number of ether oxygens (including phenoxy) is 1. The Bertz CT molecular complexity index is 646. The molecule has 1 saturated heterocycles. The molecule has 7 heteroatoms. The first kappa shape index (κ1) is 15.7. The molecule has 1 N–H and O–H groups in total. The number of nitrogens with one attached hydrogen (secondary N) is 1. The topological polar surface area (TPSA) is 58.6 Å². The van der Waals surface area contributed by atoms with Gasteiger partial charge in [-0.3, -0.25) is 4.90 Å². The molecule has 0 aromatic heterocycles. The Balaban J connectivity index is 1.59. The molecule has 0 radical (unpaired) electrons. The van der Waals surface area contributed by atoms with Gasteiger partial charge in [-0.05, 0) is 43.5 Å². The van der Waals surface area contributed by atoms with Gasteiger partial charge in [-0.1, -0.05) is 6.07 Å².